The van der Waals surface area contributed by atoms with Crippen LogP contribution in [0.5, 0.6) is 0 Å². The number of aryl methyl sites for hydroxylation is 1. The van der Waals surface area contributed by atoms with Crippen LogP contribution < -0.4 is 21.1 Å². The first-order valence-electron chi connectivity index (χ1n) is 15.7. The molecule has 0 saturated carbocycles. The first-order chi connectivity index (χ1) is 21.4. The predicted octanol–water partition coefficient (Wildman–Crippen LogP) is 4.66. The maximum absolute atomic E-state index is 13.7. The summed E-state index contributed by atoms with van der Waals surface area (Å²) in [4.78, 5) is 43.7. The molecule has 0 aliphatic carbocycles. The van der Waals surface area contributed by atoms with Crippen LogP contribution in [0.15, 0.2) is 65.5 Å². The predicted molar refractivity (Wildman–Crippen MR) is 168 cm³/mol. The maximum Gasteiger partial charge on any atom is 0.323 e. The Hall–Kier alpha value is -4.15. The average molecular weight is 598 g/mol. The number of urea groups is 1. The number of hydrogen-bond acceptors (Lipinski definition) is 6. The van der Waals surface area contributed by atoms with Gasteiger partial charge in [0.25, 0.3) is 11.5 Å². The number of pyridine rings is 1. The summed E-state index contributed by atoms with van der Waals surface area (Å²) < 4.78 is 13.6. The topological polar surface area (TPSA) is 105 Å². The van der Waals surface area contributed by atoms with Gasteiger partial charge >= 0.3 is 6.03 Å². The fourth-order valence-corrected chi connectivity index (χ4v) is 7.27. The van der Waals surface area contributed by atoms with Gasteiger partial charge in [-0.15, -0.1) is 0 Å². The number of rotatable bonds is 5. The third-order valence-electron chi connectivity index (χ3n) is 9.56. The molecule has 4 aliphatic heterocycles. The second-order valence-corrected chi connectivity index (χ2v) is 12.4. The normalized spacial score (nSPS) is 22.0. The molecule has 1 spiro atoms. The van der Waals surface area contributed by atoms with Crippen molar-refractivity contribution in [2.75, 3.05) is 54.9 Å². The Morgan fingerprint density at radius 2 is 1.70 bits per heavy atom. The largest absolute Gasteiger partial charge is 0.369 e. The molecule has 2 bridgehead atoms. The first-order valence-corrected chi connectivity index (χ1v) is 15.7. The monoisotopic (exact) mass is 597 g/mol. The van der Waals surface area contributed by atoms with Gasteiger partial charge in [-0.05, 0) is 60.7 Å². The molecule has 44 heavy (non-hydrogen) atoms. The van der Waals surface area contributed by atoms with Gasteiger partial charge in [0, 0.05) is 74.5 Å². The van der Waals surface area contributed by atoms with Crippen molar-refractivity contribution in [2.45, 2.75) is 50.9 Å². The fraction of sp³-hybridized carbons (Fsp3) is 0.441. The van der Waals surface area contributed by atoms with Gasteiger partial charge in [-0.1, -0.05) is 25.1 Å². The molecule has 3 saturated heterocycles. The van der Waals surface area contributed by atoms with Crippen LogP contribution in [0, 0.1) is 5.92 Å². The van der Waals surface area contributed by atoms with E-state index >= 15 is 0 Å². The summed E-state index contributed by atoms with van der Waals surface area (Å²) in [6.07, 6.45) is 3.23. The van der Waals surface area contributed by atoms with Crippen molar-refractivity contribution in [3.63, 3.8) is 0 Å². The van der Waals surface area contributed by atoms with E-state index in [0.717, 1.165) is 37.3 Å². The second kappa shape index (κ2) is 11.7. The zero-order valence-electron chi connectivity index (χ0n) is 25.1. The summed E-state index contributed by atoms with van der Waals surface area (Å²) in [6, 6.07) is 18.5. The Bertz CT molecular complexity index is 1600. The summed E-state index contributed by atoms with van der Waals surface area (Å²) in [5.74, 6) is -0.122. The van der Waals surface area contributed by atoms with E-state index in [-0.39, 0.29) is 23.4 Å². The minimum absolute atomic E-state index is 0.0502. The number of likely N-dealkylation sites (tertiary alicyclic amines) is 1. The quantitative estimate of drug-likeness (QED) is 0.444. The number of amides is 3. The Morgan fingerprint density at radius 3 is 2.45 bits per heavy atom. The molecular weight excluding hydrogens is 558 g/mol. The van der Waals surface area contributed by atoms with Crippen LogP contribution in [0.3, 0.4) is 0 Å². The van der Waals surface area contributed by atoms with Gasteiger partial charge in [-0.2, -0.15) is 0 Å². The van der Waals surface area contributed by atoms with E-state index in [4.69, 9.17) is 9.47 Å². The van der Waals surface area contributed by atoms with Crippen LogP contribution in [-0.4, -0.2) is 66.6 Å². The minimum atomic E-state index is -0.559. The SMILES string of the molecule is CCc1ccc(NC(=O)Nc2cc(C(=O)N3CCC4(CC3)OCCO4)ccc2N2C[C@H]3C[C@@H](C2)c2cccc(=O)n2C3)cc1. The average Bonchev–Trinajstić information content (AvgIpc) is 3.49. The molecular formula is C34H39N5O5. The molecule has 2 N–H and O–H groups in total. The van der Waals surface area contributed by atoms with Crippen LogP contribution in [0.2, 0.25) is 0 Å². The van der Waals surface area contributed by atoms with E-state index in [9.17, 15) is 14.4 Å². The molecule has 4 aliphatic rings. The summed E-state index contributed by atoms with van der Waals surface area (Å²) in [5, 5.41) is 6.00. The molecule has 1 aromatic heterocycles. The number of nitrogens with zero attached hydrogens (tertiary/aromatic N) is 3. The van der Waals surface area contributed by atoms with Gasteiger partial charge in [0.1, 0.15) is 0 Å². The van der Waals surface area contributed by atoms with Gasteiger partial charge in [-0.3, -0.25) is 9.59 Å². The van der Waals surface area contributed by atoms with Gasteiger partial charge in [0.2, 0.25) is 0 Å². The van der Waals surface area contributed by atoms with Crippen molar-refractivity contribution >= 4 is 29.0 Å². The van der Waals surface area contributed by atoms with Gasteiger partial charge in [0.15, 0.2) is 5.79 Å². The lowest BCUT2D eigenvalue weighted by atomic mass is 9.83. The summed E-state index contributed by atoms with van der Waals surface area (Å²) in [6.45, 7) is 6.53. The Morgan fingerprint density at radius 1 is 0.932 bits per heavy atom. The van der Waals surface area contributed by atoms with Crippen molar-refractivity contribution in [3.8, 4) is 0 Å². The van der Waals surface area contributed by atoms with Crippen LogP contribution in [0.25, 0.3) is 0 Å². The maximum atomic E-state index is 13.7. The van der Waals surface area contributed by atoms with E-state index in [1.165, 1.54) is 5.56 Å². The molecule has 230 valence electrons. The number of hydrogen-bond donors (Lipinski definition) is 2. The Kier molecular flexibility index (Phi) is 7.63. The number of nitrogens with one attached hydrogen (secondary N) is 2. The minimum Gasteiger partial charge on any atom is -0.369 e. The van der Waals surface area contributed by atoms with Crippen molar-refractivity contribution < 1.29 is 19.1 Å². The van der Waals surface area contributed by atoms with Gasteiger partial charge < -0.3 is 34.5 Å². The Labute approximate surface area is 256 Å². The van der Waals surface area contributed by atoms with E-state index < -0.39 is 5.79 Å². The second-order valence-electron chi connectivity index (χ2n) is 12.4. The third-order valence-corrected chi connectivity index (χ3v) is 9.56. The lowest BCUT2D eigenvalue weighted by Gasteiger charge is -2.44. The lowest BCUT2D eigenvalue weighted by molar-refractivity contribution is -0.181. The highest BCUT2D eigenvalue weighted by Crippen LogP contribution is 2.40. The summed E-state index contributed by atoms with van der Waals surface area (Å²) in [7, 11) is 0. The van der Waals surface area contributed by atoms with Crippen molar-refractivity contribution in [1.29, 1.82) is 0 Å². The van der Waals surface area contributed by atoms with Gasteiger partial charge in [0.05, 0.1) is 24.6 Å². The smallest absolute Gasteiger partial charge is 0.323 e. The number of carbonyl (C=O) groups excluding carboxylic acids is 2. The molecule has 10 heteroatoms. The number of fused-ring (bicyclic) bond motifs is 4. The lowest BCUT2D eigenvalue weighted by Crippen LogP contribution is -2.47. The molecule has 7 rings (SSSR count). The number of piperidine rings is 2. The summed E-state index contributed by atoms with van der Waals surface area (Å²) in [5.41, 5.74) is 4.97. The first kappa shape index (κ1) is 28.6. The number of benzene rings is 2. The zero-order chi connectivity index (χ0) is 30.3. The third kappa shape index (κ3) is 5.59. The zero-order valence-corrected chi connectivity index (χ0v) is 25.1. The van der Waals surface area contributed by atoms with Crippen molar-refractivity contribution in [3.05, 3.63) is 87.8 Å². The highest BCUT2D eigenvalue weighted by molar-refractivity contribution is 6.04. The Balaban J connectivity index is 1.14. The van der Waals surface area contributed by atoms with Crippen LogP contribution in [0.1, 0.15) is 53.7 Å². The van der Waals surface area contributed by atoms with Crippen LogP contribution >= 0.6 is 0 Å². The van der Waals surface area contributed by atoms with Crippen molar-refractivity contribution in [2.24, 2.45) is 5.92 Å². The molecule has 0 unspecified atom stereocenters. The van der Waals surface area contributed by atoms with E-state index in [2.05, 4.69) is 22.5 Å². The van der Waals surface area contributed by atoms with E-state index in [1.807, 2.05) is 58.0 Å². The molecule has 2 atom stereocenters. The van der Waals surface area contributed by atoms with Crippen LogP contribution in [-0.2, 0) is 22.4 Å². The molecule has 5 heterocycles. The van der Waals surface area contributed by atoms with E-state index in [0.29, 0.717) is 68.5 Å². The highest BCUT2D eigenvalue weighted by atomic mass is 16.7. The highest BCUT2D eigenvalue weighted by Gasteiger charge is 2.41. The fourth-order valence-electron chi connectivity index (χ4n) is 7.27. The number of aromatic nitrogens is 1. The van der Waals surface area contributed by atoms with Crippen LogP contribution in [0.4, 0.5) is 21.9 Å². The van der Waals surface area contributed by atoms with Gasteiger partial charge in [-0.25, -0.2) is 4.79 Å². The number of carbonyl (C=O) groups is 2. The standard InChI is InChI=1S/C34H39N5O5/c1-2-23-6-9-27(10-7-23)35-33(42)36-28-19-25(32(41)37-14-12-34(13-15-37)43-16-17-44-34)8-11-30(28)38-20-24-18-26(22-38)29-4-3-5-31(40)39(29)21-24/h3-11,19,24,26H,2,12-18,20-22H2,1H3,(H2,35,36,42)/t24-,26+/m1/s1. The number of anilines is 3. The molecule has 2 aromatic carbocycles. The van der Waals surface area contributed by atoms with Crippen molar-refractivity contribution in [1.82, 2.24) is 9.47 Å². The molecule has 10 nitrogen and oxygen atoms in total. The molecule has 3 fully saturated rings. The molecule has 3 aromatic rings. The molecule has 0 radical (unpaired) electrons. The van der Waals surface area contributed by atoms with E-state index in [1.54, 1.807) is 12.1 Å². The molecule has 3 amide bonds. The number of ether oxygens (including phenoxy) is 2. The summed E-state index contributed by atoms with van der Waals surface area (Å²) >= 11 is 0.